The smallest absolute Gasteiger partial charge is 0.259 e. The SMILES string of the molecule is CN(CCCCCCCNc1ccc2c3c(cccc13)C(=O)N2C1CCC(=O)NC1=O)C12CC3CC(CC(C3)C1)C2. The van der Waals surface area contributed by atoms with Crippen molar-refractivity contribution in [2.75, 3.05) is 30.4 Å². The zero-order chi connectivity index (χ0) is 28.1. The van der Waals surface area contributed by atoms with Gasteiger partial charge in [-0.25, -0.2) is 0 Å². The van der Waals surface area contributed by atoms with Crippen LogP contribution in [0.4, 0.5) is 11.4 Å². The first-order valence-corrected chi connectivity index (χ1v) is 16.1. The van der Waals surface area contributed by atoms with Gasteiger partial charge in [0.25, 0.3) is 5.91 Å². The summed E-state index contributed by atoms with van der Waals surface area (Å²) in [5.41, 5.74) is 2.95. The third-order valence-electron chi connectivity index (χ3n) is 11.1. The normalized spacial score (nSPS) is 30.1. The molecule has 218 valence electrons. The quantitative estimate of drug-likeness (QED) is 0.267. The Kier molecular flexibility index (Phi) is 7.04. The number of nitrogens with one attached hydrogen (secondary N) is 2. The number of unbranched alkanes of at least 4 members (excludes halogenated alkanes) is 4. The van der Waals surface area contributed by atoms with E-state index in [0.717, 1.165) is 52.9 Å². The molecule has 7 nitrogen and oxygen atoms in total. The molecule has 41 heavy (non-hydrogen) atoms. The maximum absolute atomic E-state index is 13.3. The van der Waals surface area contributed by atoms with E-state index in [0.29, 0.717) is 17.5 Å². The van der Waals surface area contributed by atoms with E-state index in [2.05, 4.69) is 22.6 Å². The van der Waals surface area contributed by atoms with E-state index in [9.17, 15) is 14.4 Å². The molecule has 2 aromatic rings. The maximum atomic E-state index is 13.3. The average molecular weight is 557 g/mol. The third-order valence-corrected chi connectivity index (χ3v) is 11.1. The standard InChI is InChI=1S/C34H44N4O3/c1-37(34-19-22-16-23(20-34)18-24(17-22)21-34)15-6-4-2-3-5-14-35-27-10-11-28-31-25(27)8-7-9-26(31)33(41)38(28)29-12-13-30(39)36-32(29)40/h7-11,22-24,29,35H,2-6,12-21H2,1H3,(H,36,39,40). The molecule has 3 amide bonds. The minimum absolute atomic E-state index is 0.161. The lowest BCUT2D eigenvalue weighted by Crippen LogP contribution is -2.58. The van der Waals surface area contributed by atoms with E-state index in [1.54, 1.807) is 4.90 Å². The number of carbonyl (C=O) groups excluding carboxylic acids is 3. The number of carbonyl (C=O) groups is 3. The molecule has 4 aliphatic carbocycles. The molecular weight excluding hydrogens is 512 g/mol. The molecule has 7 heteroatoms. The van der Waals surface area contributed by atoms with Crippen molar-refractivity contribution in [3.05, 3.63) is 35.9 Å². The molecule has 4 bridgehead atoms. The molecule has 1 saturated heterocycles. The van der Waals surface area contributed by atoms with E-state index in [1.807, 2.05) is 30.3 Å². The topological polar surface area (TPSA) is 81.8 Å². The van der Waals surface area contributed by atoms with Crippen molar-refractivity contribution in [3.63, 3.8) is 0 Å². The zero-order valence-corrected chi connectivity index (χ0v) is 24.4. The summed E-state index contributed by atoms with van der Waals surface area (Å²) in [5, 5.41) is 7.92. The number of rotatable bonds is 11. The van der Waals surface area contributed by atoms with E-state index in [-0.39, 0.29) is 18.2 Å². The van der Waals surface area contributed by atoms with Crippen LogP contribution in [0.1, 0.15) is 93.8 Å². The Hall–Kier alpha value is -2.93. The molecule has 2 heterocycles. The Morgan fingerprint density at radius 2 is 1.63 bits per heavy atom. The monoisotopic (exact) mass is 556 g/mol. The first-order valence-electron chi connectivity index (χ1n) is 16.1. The van der Waals surface area contributed by atoms with Gasteiger partial charge < -0.3 is 10.2 Å². The van der Waals surface area contributed by atoms with Crippen LogP contribution >= 0.6 is 0 Å². The molecule has 8 rings (SSSR count). The van der Waals surface area contributed by atoms with Crippen LogP contribution in [0, 0.1) is 17.8 Å². The van der Waals surface area contributed by atoms with E-state index >= 15 is 0 Å². The fraction of sp³-hybridized carbons (Fsp3) is 0.618. The van der Waals surface area contributed by atoms with Gasteiger partial charge in [0.05, 0.1) is 5.69 Å². The number of piperidine rings is 1. The Labute approximate surface area is 243 Å². The zero-order valence-electron chi connectivity index (χ0n) is 24.4. The number of amides is 3. The minimum Gasteiger partial charge on any atom is -0.385 e. The van der Waals surface area contributed by atoms with Crippen molar-refractivity contribution in [1.29, 1.82) is 0 Å². The molecule has 2 aromatic carbocycles. The minimum atomic E-state index is -0.651. The van der Waals surface area contributed by atoms with Crippen molar-refractivity contribution >= 4 is 39.9 Å². The van der Waals surface area contributed by atoms with Crippen LogP contribution in [0.2, 0.25) is 0 Å². The number of nitrogens with zero attached hydrogens (tertiary/aromatic N) is 2. The molecular formula is C34H44N4O3. The maximum Gasteiger partial charge on any atom is 0.259 e. The summed E-state index contributed by atoms with van der Waals surface area (Å²) < 4.78 is 0. The van der Waals surface area contributed by atoms with Crippen LogP contribution in [0.25, 0.3) is 10.8 Å². The van der Waals surface area contributed by atoms with E-state index < -0.39 is 11.9 Å². The number of anilines is 2. The predicted octanol–water partition coefficient (Wildman–Crippen LogP) is 5.87. The largest absolute Gasteiger partial charge is 0.385 e. The van der Waals surface area contributed by atoms with Crippen LogP contribution in [0.15, 0.2) is 30.3 Å². The Balaban J connectivity index is 0.892. The van der Waals surface area contributed by atoms with Crippen LogP contribution < -0.4 is 15.5 Å². The van der Waals surface area contributed by atoms with Gasteiger partial charge in [-0.15, -0.1) is 0 Å². The van der Waals surface area contributed by atoms with Gasteiger partial charge >= 0.3 is 0 Å². The van der Waals surface area contributed by atoms with Gasteiger partial charge in [-0.3, -0.25) is 24.6 Å². The third kappa shape index (κ3) is 4.84. The molecule has 5 fully saturated rings. The van der Waals surface area contributed by atoms with Gasteiger partial charge in [0, 0.05) is 40.5 Å². The first kappa shape index (κ1) is 26.9. The van der Waals surface area contributed by atoms with Crippen LogP contribution in [-0.2, 0) is 9.59 Å². The second-order valence-electron chi connectivity index (χ2n) is 13.8. The van der Waals surface area contributed by atoms with Crippen molar-refractivity contribution in [2.24, 2.45) is 17.8 Å². The molecule has 2 N–H and O–H groups in total. The van der Waals surface area contributed by atoms with E-state index in [1.165, 1.54) is 70.8 Å². The Morgan fingerprint density at radius 3 is 2.37 bits per heavy atom. The molecule has 4 saturated carbocycles. The molecule has 0 aromatic heterocycles. The molecule has 0 spiro atoms. The van der Waals surface area contributed by atoms with Gasteiger partial charge in [0.2, 0.25) is 11.8 Å². The van der Waals surface area contributed by atoms with Crippen molar-refractivity contribution in [3.8, 4) is 0 Å². The van der Waals surface area contributed by atoms with Gasteiger partial charge in [0.1, 0.15) is 6.04 Å². The summed E-state index contributed by atoms with van der Waals surface area (Å²) in [6, 6.07) is 9.12. The van der Waals surface area contributed by atoms with Gasteiger partial charge in [-0.1, -0.05) is 31.4 Å². The average Bonchev–Trinajstić information content (AvgIpc) is 3.23. The second-order valence-corrected chi connectivity index (χ2v) is 13.8. The molecule has 1 unspecified atom stereocenters. The van der Waals surface area contributed by atoms with Crippen molar-refractivity contribution < 1.29 is 14.4 Å². The van der Waals surface area contributed by atoms with Crippen molar-refractivity contribution in [1.82, 2.24) is 10.2 Å². The van der Waals surface area contributed by atoms with Crippen molar-refractivity contribution in [2.45, 2.75) is 95.1 Å². The number of benzene rings is 2. The Morgan fingerprint density at radius 1 is 0.927 bits per heavy atom. The lowest BCUT2D eigenvalue weighted by Gasteiger charge is -2.60. The summed E-state index contributed by atoms with van der Waals surface area (Å²) in [6.07, 6.45) is 15.7. The highest BCUT2D eigenvalue weighted by Crippen LogP contribution is 2.57. The van der Waals surface area contributed by atoms with Crippen LogP contribution in [-0.4, -0.2) is 54.3 Å². The Bertz CT molecular complexity index is 1330. The fourth-order valence-corrected chi connectivity index (χ4v) is 9.40. The van der Waals surface area contributed by atoms with Gasteiger partial charge in [-0.2, -0.15) is 0 Å². The molecule has 1 atom stereocenters. The van der Waals surface area contributed by atoms with Gasteiger partial charge in [-0.05, 0) is 107 Å². The highest BCUT2D eigenvalue weighted by Gasteiger charge is 2.52. The molecule has 0 radical (unpaired) electrons. The van der Waals surface area contributed by atoms with Gasteiger partial charge in [0.15, 0.2) is 0 Å². The summed E-state index contributed by atoms with van der Waals surface area (Å²) in [5.74, 6) is 2.21. The lowest BCUT2D eigenvalue weighted by molar-refractivity contribution is -0.134. The number of imide groups is 1. The predicted molar refractivity (Wildman–Crippen MR) is 162 cm³/mol. The number of hydrogen-bond donors (Lipinski definition) is 2. The summed E-state index contributed by atoms with van der Waals surface area (Å²) >= 11 is 0. The number of hydrogen-bond acceptors (Lipinski definition) is 5. The summed E-state index contributed by atoms with van der Waals surface area (Å²) in [6.45, 7) is 2.15. The highest BCUT2D eigenvalue weighted by molar-refractivity contribution is 6.28. The molecule has 6 aliphatic rings. The van der Waals surface area contributed by atoms with Crippen LogP contribution in [0.5, 0.6) is 0 Å². The second kappa shape index (κ2) is 10.7. The highest BCUT2D eigenvalue weighted by atomic mass is 16.2. The lowest BCUT2D eigenvalue weighted by atomic mass is 9.52. The first-order chi connectivity index (χ1) is 19.9. The summed E-state index contributed by atoms with van der Waals surface area (Å²) in [4.78, 5) is 41.9. The van der Waals surface area contributed by atoms with E-state index in [4.69, 9.17) is 0 Å². The molecule has 2 aliphatic heterocycles. The summed E-state index contributed by atoms with van der Waals surface area (Å²) in [7, 11) is 2.41. The fourth-order valence-electron chi connectivity index (χ4n) is 9.40. The van der Waals surface area contributed by atoms with Crippen LogP contribution in [0.3, 0.4) is 0 Å².